The molecular formula is C17H17F2N3O3. The van der Waals surface area contributed by atoms with Crippen molar-refractivity contribution in [3.05, 3.63) is 50.8 Å². The smallest absolute Gasteiger partial charge is 0.260 e. The number of anilines is 1. The lowest BCUT2D eigenvalue weighted by Crippen LogP contribution is -2.30. The number of aromatic nitrogens is 1. The molecule has 5 N–H and O–H groups in total. The first kappa shape index (κ1) is 16.9. The predicted octanol–water partition coefficient (Wildman–Crippen LogP) is 1.96. The van der Waals surface area contributed by atoms with E-state index in [2.05, 4.69) is 0 Å². The zero-order valence-corrected chi connectivity index (χ0v) is 13.6. The lowest BCUT2D eigenvalue weighted by atomic mass is 10.0. The van der Waals surface area contributed by atoms with E-state index in [1.54, 1.807) is 19.9 Å². The highest BCUT2D eigenvalue weighted by atomic mass is 19.3. The number of carbonyl (C=O) groups excluding carboxylic acids is 1. The molecule has 8 heteroatoms. The molecule has 1 amide bonds. The van der Waals surface area contributed by atoms with Crippen LogP contribution in [0.4, 0.5) is 14.6 Å². The minimum absolute atomic E-state index is 0.0883. The molecule has 132 valence electrons. The number of rotatable bonds is 3. The predicted molar refractivity (Wildman–Crippen MR) is 88.4 cm³/mol. The Balaban J connectivity index is 2.40. The summed E-state index contributed by atoms with van der Waals surface area (Å²) >= 11 is 0. The maximum Gasteiger partial charge on any atom is 0.260 e. The minimum Gasteiger partial charge on any atom is -0.508 e. The van der Waals surface area contributed by atoms with Gasteiger partial charge in [0.2, 0.25) is 0 Å². The monoisotopic (exact) mass is 349 g/mol. The van der Waals surface area contributed by atoms with E-state index in [0.717, 1.165) is 10.6 Å². The molecule has 1 aliphatic carbocycles. The number of hydrogen-bond donors (Lipinski definition) is 3. The van der Waals surface area contributed by atoms with Gasteiger partial charge in [-0.2, -0.15) is 0 Å². The fraction of sp³-hybridized carbons (Fsp3) is 0.294. The number of aromatic hydroxyl groups is 1. The number of primary amides is 1. The molecule has 1 aliphatic rings. The molecule has 1 aromatic heterocycles. The van der Waals surface area contributed by atoms with Crippen molar-refractivity contribution in [1.29, 1.82) is 0 Å². The van der Waals surface area contributed by atoms with Gasteiger partial charge in [0.05, 0.1) is 17.2 Å². The van der Waals surface area contributed by atoms with Gasteiger partial charge in [-0.05, 0) is 31.5 Å². The lowest BCUT2D eigenvalue weighted by molar-refractivity contribution is 0.0998. The zero-order valence-electron chi connectivity index (χ0n) is 13.6. The van der Waals surface area contributed by atoms with E-state index in [9.17, 15) is 23.5 Å². The average molecular weight is 349 g/mol. The molecule has 25 heavy (non-hydrogen) atoms. The summed E-state index contributed by atoms with van der Waals surface area (Å²) in [6.45, 7) is 3.24. The van der Waals surface area contributed by atoms with Crippen molar-refractivity contribution >= 4 is 11.7 Å². The molecular weight excluding hydrogens is 332 g/mol. The first-order valence-electron chi connectivity index (χ1n) is 7.59. The summed E-state index contributed by atoms with van der Waals surface area (Å²) in [5.74, 6) is -5.53. The van der Waals surface area contributed by atoms with Crippen molar-refractivity contribution < 1.29 is 18.7 Å². The van der Waals surface area contributed by atoms with Crippen molar-refractivity contribution in [3.8, 4) is 11.4 Å². The van der Waals surface area contributed by atoms with E-state index in [4.69, 9.17) is 11.5 Å². The molecule has 0 spiro atoms. The van der Waals surface area contributed by atoms with Gasteiger partial charge in [-0.25, -0.2) is 8.78 Å². The molecule has 0 bridgehead atoms. The second-order valence-electron chi connectivity index (χ2n) is 6.30. The molecule has 1 atom stereocenters. The van der Waals surface area contributed by atoms with Crippen molar-refractivity contribution in [2.24, 2.45) is 5.73 Å². The Labute approximate surface area is 141 Å². The van der Waals surface area contributed by atoms with Gasteiger partial charge in [0.25, 0.3) is 17.4 Å². The average Bonchev–Trinajstić information content (AvgIpc) is 3.14. The second kappa shape index (κ2) is 5.30. The number of carbonyl (C=O) groups is 1. The van der Waals surface area contributed by atoms with Crippen LogP contribution in [0.3, 0.4) is 0 Å². The first-order valence-corrected chi connectivity index (χ1v) is 7.59. The van der Waals surface area contributed by atoms with Gasteiger partial charge in [0.15, 0.2) is 0 Å². The summed E-state index contributed by atoms with van der Waals surface area (Å²) in [4.78, 5) is 24.6. The van der Waals surface area contributed by atoms with Gasteiger partial charge >= 0.3 is 0 Å². The Morgan fingerprint density at radius 3 is 2.48 bits per heavy atom. The van der Waals surface area contributed by atoms with Gasteiger partial charge in [-0.1, -0.05) is 6.07 Å². The topological polar surface area (TPSA) is 111 Å². The number of hydrogen-bond acceptors (Lipinski definition) is 4. The van der Waals surface area contributed by atoms with E-state index in [1.807, 2.05) is 0 Å². The molecule has 1 heterocycles. The summed E-state index contributed by atoms with van der Waals surface area (Å²) in [5, 5.41) is 9.95. The van der Waals surface area contributed by atoms with Gasteiger partial charge < -0.3 is 16.6 Å². The number of benzene rings is 1. The number of phenols is 1. The molecule has 6 nitrogen and oxygen atoms in total. The van der Waals surface area contributed by atoms with E-state index in [-0.39, 0.29) is 28.4 Å². The quantitative estimate of drug-likeness (QED) is 0.786. The van der Waals surface area contributed by atoms with Crippen molar-refractivity contribution in [1.82, 2.24) is 4.57 Å². The number of pyridine rings is 1. The van der Waals surface area contributed by atoms with E-state index in [0.29, 0.717) is 11.1 Å². The van der Waals surface area contributed by atoms with Crippen LogP contribution in [0.15, 0.2) is 23.0 Å². The van der Waals surface area contributed by atoms with Crippen LogP contribution in [0.5, 0.6) is 5.75 Å². The van der Waals surface area contributed by atoms with Gasteiger partial charge in [-0.3, -0.25) is 14.2 Å². The Kier molecular flexibility index (Phi) is 3.59. The highest BCUT2D eigenvalue weighted by Crippen LogP contribution is 2.55. The van der Waals surface area contributed by atoms with Crippen LogP contribution < -0.4 is 17.0 Å². The number of amides is 1. The van der Waals surface area contributed by atoms with Crippen LogP contribution in [-0.4, -0.2) is 21.5 Å². The normalized spacial score (nSPS) is 18.2. The third-order valence-electron chi connectivity index (χ3n) is 4.56. The maximum absolute atomic E-state index is 13.5. The summed E-state index contributed by atoms with van der Waals surface area (Å²) in [5.41, 5.74) is 11.3. The maximum atomic E-state index is 13.5. The van der Waals surface area contributed by atoms with Crippen LogP contribution in [-0.2, 0) is 0 Å². The summed E-state index contributed by atoms with van der Waals surface area (Å²) in [7, 11) is 0. The number of halogens is 2. The Hall–Kier alpha value is -2.90. The molecule has 1 saturated carbocycles. The van der Waals surface area contributed by atoms with E-state index < -0.39 is 29.7 Å². The number of nitrogens with zero attached hydrogens (tertiary/aromatic N) is 1. The van der Waals surface area contributed by atoms with Gasteiger partial charge in [-0.15, -0.1) is 0 Å². The van der Waals surface area contributed by atoms with Crippen molar-refractivity contribution in [2.75, 3.05) is 5.73 Å². The number of aryl methyl sites for hydroxylation is 1. The second-order valence-corrected chi connectivity index (χ2v) is 6.30. The SMILES string of the molecule is Cc1ccc(O)c(C)c1-n1c(N)c(C(N)=O)cc([C@H]2CC2(F)F)c1=O. The number of alkyl halides is 2. The largest absolute Gasteiger partial charge is 0.508 e. The van der Waals surface area contributed by atoms with Gasteiger partial charge in [0.1, 0.15) is 11.6 Å². The number of phenolic OH excluding ortho intramolecular Hbond substituents is 1. The Bertz CT molecular complexity index is 967. The first-order chi connectivity index (χ1) is 11.6. The third-order valence-corrected chi connectivity index (χ3v) is 4.56. The summed E-state index contributed by atoms with van der Waals surface area (Å²) in [6, 6.07) is 4.06. The minimum atomic E-state index is -3.00. The third kappa shape index (κ3) is 2.54. The van der Waals surface area contributed by atoms with E-state index in [1.165, 1.54) is 6.07 Å². The fourth-order valence-corrected chi connectivity index (χ4v) is 3.04. The molecule has 1 fully saturated rings. The number of nitrogen functional groups attached to an aromatic ring is 1. The van der Waals surface area contributed by atoms with E-state index >= 15 is 0 Å². The molecule has 1 aromatic carbocycles. The summed E-state index contributed by atoms with van der Waals surface area (Å²) < 4.78 is 28.0. The van der Waals surface area contributed by atoms with Crippen LogP contribution in [0.1, 0.15) is 39.4 Å². The molecule has 0 unspecified atom stereocenters. The van der Waals surface area contributed by atoms with Crippen LogP contribution in [0, 0.1) is 13.8 Å². The summed E-state index contributed by atoms with van der Waals surface area (Å²) in [6.07, 6.45) is -0.470. The fourth-order valence-electron chi connectivity index (χ4n) is 3.04. The number of nitrogens with two attached hydrogens (primary N) is 2. The molecule has 0 saturated heterocycles. The Morgan fingerprint density at radius 1 is 1.36 bits per heavy atom. The highest BCUT2D eigenvalue weighted by Gasteiger charge is 2.59. The zero-order chi connectivity index (χ0) is 18.7. The standard InChI is InChI=1S/C17H17F2N3O3/c1-7-3-4-12(23)8(2)13(7)22-14(20)10(15(21)24)5-9(16(22)25)11-6-17(11,18)19/h3-5,11,23H,6,20H2,1-2H3,(H2,21,24)/t11-/m1/s1. The lowest BCUT2D eigenvalue weighted by Gasteiger charge is -2.19. The van der Waals surface area contributed by atoms with Crippen LogP contribution >= 0.6 is 0 Å². The Morgan fingerprint density at radius 2 is 1.96 bits per heavy atom. The molecule has 3 rings (SSSR count). The van der Waals surface area contributed by atoms with Crippen LogP contribution in [0.2, 0.25) is 0 Å². The highest BCUT2D eigenvalue weighted by molar-refractivity contribution is 5.97. The van der Waals surface area contributed by atoms with Crippen molar-refractivity contribution in [3.63, 3.8) is 0 Å². The molecule has 0 aliphatic heterocycles. The molecule has 0 radical (unpaired) electrons. The van der Waals surface area contributed by atoms with Crippen molar-refractivity contribution in [2.45, 2.75) is 32.1 Å². The van der Waals surface area contributed by atoms with Gasteiger partial charge in [0, 0.05) is 17.5 Å². The molecule has 2 aromatic rings. The van der Waals surface area contributed by atoms with Crippen LogP contribution in [0.25, 0.3) is 5.69 Å².